The van der Waals surface area contributed by atoms with E-state index in [1.807, 2.05) is 38.1 Å². The Kier molecular flexibility index (Phi) is 4.27. The van der Waals surface area contributed by atoms with Gasteiger partial charge in [-0.1, -0.05) is 12.1 Å². The molecule has 0 spiro atoms. The molecule has 5 nitrogen and oxygen atoms in total. The highest BCUT2D eigenvalue weighted by Crippen LogP contribution is 2.23. The van der Waals surface area contributed by atoms with Crippen LogP contribution in [0.5, 0.6) is 0 Å². The monoisotopic (exact) mass is 276 g/mol. The molecule has 1 aromatic rings. The minimum atomic E-state index is -0.768. The van der Waals surface area contributed by atoms with Gasteiger partial charge in [-0.25, -0.2) is 4.79 Å². The van der Waals surface area contributed by atoms with Crippen LogP contribution in [0.2, 0.25) is 0 Å². The number of benzene rings is 1. The molecule has 1 aliphatic rings. The van der Waals surface area contributed by atoms with Gasteiger partial charge in [-0.2, -0.15) is 0 Å². The number of carbonyl (C=O) groups is 2. The number of likely N-dealkylation sites (tertiary alicyclic amines) is 1. The summed E-state index contributed by atoms with van der Waals surface area (Å²) in [6.07, 6.45) is 1.03. The zero-order valence-electron chi connectivity index (χ0n) is 11.8. The Morgan fingerprint density at radius 3 is 2.75 bits per heavy atom. The number of carbonyl (C=O) groups excluding carboxylic acids is 1. The van der Waals surface area contributed by atoms with Crippen molar-refractivity contribution in [3.63, 3.8) is 0 Å². The van der Waals surface area contributed by atoms with Crippen LogP contribution in [0.1, 0.15) is 25.3 Å². The second-order valence-electron chi connectivity index (χ2n) is 5.40. The lowest BCUT2D eigenvalue weighted by molar-refractivity contribution is -0.143. The van der Waals surface area contributed by atoms with E-state index in [4.69, 9.17) is 5.11 Å². The van der Waals surface area contributed by atoms with Crippen molar-refractivity contribution in [2.45, 2.75) is 32.7 Å². The molecule has 0 radical (unpaired) electrons. The Balaban J connectivity index is 1.98. The van der Waals surface area contributed by atoms with E-state index in [-0.39, 0.29) is 18.0 Å². The molecule has 0 bridgehead atoms. The topological polar surface area (TPSA) is 69.6 Å². The maximum absolute atomic E-state index is 12.2. The van der Waals surface area contributed by atoms with Gasteiger partial charge in [-0.15, -0.1) is 0 Å². The summed E-state index contributed by atoms with van der Waals surface area (Å²) in [6.45, 7) is 4.34. The standard InChI is InChI=1S/C15H20N2O3/c1-10-4-3-5-13(8-10)16-15(20)17-7-6-12(14(18)19)9-11(17)2/h3-5,8,11-12H,6-7,9H2,1-2H3,(H,16,20)(H,18,19). The quantitative estimate of drug-likeness (QED) is 0.872. The van der Waals surface area contributed by atoms with Crippen molar-refractivity contribution in [1.82, 2.24) is 4.90 Å². The molecule has 0 aromatic heterocycles. The second kappa shape index (κ2) is 5.94. The van der Waals surface area contributed by atoms with Gasteiger partial charge in [0, 0.05) is 18.3 Å². The first kappa shape index (κ1) is 14.4. The van der Waals surface area contributed by atoms with Crippen LogP contribution in [-0.2, 0) is 4.79 Å². The number of carboxylic acid groups (broad SMARTS) is 1. The fourth-order valence-electron chi connectivity index (χ4n) is 2.62. The fraction of sp³-hybridized carbons (Fsp3) is 0.467. The highest BCUT2D eigenvalue weighted by molar-refractivity contribution is 5.89. The van der Waals surface area contributed by atoms with Crippen molar-refractivity contribution in [3.8, 4) is 0 Å². The van der Waals surface area contributed by atoms with Crippen LogP contribution in [0.3, 0.4) is 0 Å². The van der Waals surface area contributed by atoms with E-state index in [9.17, 15) is 9.59 Å². The second-order valence-corrected chi connectivity index (χ2v) is 5.40. The van der Waals surface area contributed by atoms with E-state index < -0.39 is 5.97 Å². The minimum absolute atomic E-state index is 0.0605. The number of amides is 2. The van der Waals surface area contributed by atoms with Gasteiger partial charge in [0.1, 0.15) is 0 Å². The number of urea groups is 1. The van der Waals surface area contributed by atoms with Gasteiger partial charge in [0.2, 0.25) is 0 Å². The van der Waals surface area contributed by atoms with E-state index in [0.29, 0.717) is 19.4 Å². The molecule has 2 atom stereocenters. The van der Waals surface area contributed by atoms with Gasteiger partial charge in [0.05, 0.1) is 5.92 Å². The van der Waals surface area contributed by atoms with Crippen LogP contribution >= 0.6 is 0 Å². The van der Waals surface area contributed by atoms with Crippen LogP contribution < -0.4 is 5.32 Å². The first-order valence-corrected chi connectivity index (χ1v) is 6.84. The van der Waals surface area contributed by atoms with Crippen molar-refractivity contribution in [2.75, 3.05) is 11.9 Å². The summed E-state index contributed by atoms with van der Waals surface area (Å²) >= 11 is 0. The zero-order valence-corrected chi connectivity index (χ0v) is 11.8. The van der Waals surface area contributed by atoms with Gasteiger partial charge in [-0.05, 0) is 44.4 Å². The number of hydrogen-bond donors (Lipinski definition) is 2. The number of carboxylic acids is 1. The molecule has 0 aliphatic carbocycles. The SMILES string of the molecule is Cc1cccc(NC(=O)N2CCC(C(=O)O)CC2C)c1. The average Bonchev–Trinajstić information content (AvgIpc) is 2.38. The molecule has 108 valence electrons. The van der Waals surface area contributed by atoms with Gasteiger partial charge >= 0.3 is 12.0 Å². The van der Waals surface area contributed by atoms with Gasteiger partial charge < -0.3 is 15.3 Å². The molecule has 0 saturated carbocycles. The Hall–Kier alpha value is -2.04. The van der Waals surface area contributed by atoms with E-state index in [1.54, 1.807) is 4.90 Å². The molecule has 5 heteroatoms. The lowest BCUT2D eigenvalue weighted by atomic mass is 9.92. The fourth-order valence-corrected chi connectivity index (χ4v) is 2.62. The summed E-state index contributed by atoms with van der Waals surface area (Å²) < 4.78 is 0. The number of nitrogens with zero attached hydrogens (tertiary/aromatic N) is 1. The summed E-state index contributed by atoms with van der Waals surface area (Å²) in [5.74, 6) is -1.11. The molecular weight excluding hydrogens is 256 g/mol. The third-order valence-electron chi connectivity index (χ3n) is 3.76. The molecular formula is C15H20N2O3. The molecule has 2 amide bonds. The van der Waals surface area contributed by atoms with Crippen LogP contribution in [0.15, 0.2) is 24.3 Å². The maximum Gasteiger partial charge on any atom is 0.322 e. The molecule has 20 heavy (non-hydrogen) atoms. The van der Waals surface area contributed by atoms with E-state index in [1.165, 1.54) is 0 Å². The number of aliphatic carboxylic acids is 1. The van der Waals surface area contributed by atoms with Crippen molar-refractivity contribution < 1.29 is 14.7 Å². The number of nitrogens with one attached hydrogen (secondary N) is 1. The first-order chi connectivity index (χ1) is 9.47. The van der Waals surface area contributed by atoms with Gasteiger partial charge in [0.25, 0.3) is 0 Å². The zero-order chi connectivity index (χ0) is 14.7. The Labute approximate surface area is 118 Å². The van der Waals surface area contributed by atoms with Crippen LogP contribution in [0, 0.1) is 12.8 Å². The van der Waals surface area contributed by atoms with Crippen LogP contribution in [-0.4, -0.2) is 34.6 Å². The average molecular weight is 276 g/mol. The lowest BCUT2D eigenvalue weighted by Gasteiger charge is -2.36. The maximum atomic E-state index is 12.2. The van der Waals surface area contributed by atoms with Crippen molar-refractivity contribution in [3.05, 3.63) is 29.8 Å². The summed E-state index contributed by atoms with van der Waals surface area (Å²) in [6, 6.07) is 7.40. The molecule has 1 aliphatic heterocycles. The highest BCUT2D eigenvalue weighted by Gasteiger charge is 2.32. The number of rotatable bonds is 2. The molecule has 1 saturated heterocycles. The predicted octanol–water partition coefficient (Wildman–Crippen LogP) is 2.71. The minimum Gasteiger partial charge on any atom is -0.481 e. The van der Waals surface area contributed by atoms with Gasteiger partial charge in [-0.3, -0.25) is 4.79 Å². The molecule has 2 unspecified atom stereocenters. The van der Waals surface area contributed by atoms with E-state index >= 15 is 0 Å². The van der Waals surface area contributed by atoms with Crippen molar-refractivity contribution >= 4 is 17.7 Å². The van der Waals surface area contributed by atoms with Gasteiger partial charge in [0.15, 0.2) is 0 Å². The Bertz CT molecular complexity index is 516. The van der Waals surface area contributed by atoms with Crippen molar-refractivity contribution in [2.24, 2.45) is 5.92 Å². The molecule has 2 N–H and O–H groups in total. The number of piperidine rings is 1. The molecule has 1 heterocycles. The molecule has 2 rings (SSSR count). The summed E-state index contributed by atoms with van der Waals surface area (Å²) in [5.41, 5.74) is 1.85. The number of anilines is 1. The summed E-state index contributed by atoms with van der Waals surface area (Å²) in [7, 11) is 0. The Morgan fingerprint density at radius 2 is 2.15 bits per heavy atom. The summed E-state index contributed by atoms with van der Waals surface area (Å²) in [4.78, 5) is 24.9. The normalized spacial score (nSPS) is 22.4. The predicted molar refractivity (Wildman–Crippen MR) is 76.7 cm³/mol. The molecule has 1 fully saturated rings. The third-order valence-corrected chi connectivity index (χ3v) is 3.76. The number of hydrogen-bond acceptors (Lipinski definition) is 2. The van der Waals surface area contributed by atoms with Crippen molar-refractivity contribution in [1.29, 1.82) is 0 Å². The highest BCUT2D eigenvalue weighted by atomic mass is 16.4. The molecule has 1 aromatic carbocycles. The third kappa shape index (κ3) is 3.29. The lowest BCUT2D eigenvalue weighted by Crippen LogP contribution is -2.47. The van der Waals surface area contributed by atoms with E-state index in [2.05, 4.69) is 5.32 Å². The smallest absolute Gasteiger partial charge is 0.322 e. The summed E-state index contributed by atoms with van der Waals surface area (Å²) in [5, 5.41) is 11.9. The van der Waals surface area contributed by atoms with E-state index in [0.717, 1.165) is 11.3 Å². The Morgan fingerprint density at radius 1 is 1.40 bits per heavy atom. The van der Waals surface area contributed by atoms with Crippen LogP contribution in [0.25, 0.3) is 0 Å². The largest absolute Gasteiger partial charge is 0.481 e. The van der Waals surface area contributed by atoms with Crippen LogP contribution in [0.4, 0.5) is 10.5 Å². The number of aryl methyl sites for hydroxylation is 1. The first-order valence-electron chi connectivity index (χ1n) is 6.84.